The number of anilines is 2. The molecule has 0 unspecified atom stereocenters. The molecular formula is C22H20N6O. The molecule has 4 heterocycles. The normalized spacial score (nSPS) is 13.7. The molecule has 1 saturated heterocycles. The minimum absolute atomic E-state index is 0.252. The number of benzene rings is 1. The lowest BCUT2D eigenvalue weighted by Crippen LogP contribution is -2.19. The number of carbonyl (C=O) groups is 1. The van der Waals surface area contributed by atoms with Crippen LogP contribution >= 0.6 is 0 Å². The van der Waals surface area contributed by atoms with Crippen LogP contribution in [0.3, 0.4) is 0 Å². The standard InChI is InChI=1S/C22H20N6O/c29-22(25-17-7-9-24-20(13-17)28-10-1-2-11-28)21-18-12-15(5-6-19(18)26-27-21)16-4-3-8-23-14-16/h3-9,12-14H,1-2,10-11H2,(H,26,27)(H,24,25,29). The zero-order chi connectivity index (χ0) is 19.6. The van der Waals surface area contributed by atoms with Crippen molar-refractivity contribution in [2.24, 2.45) is 0 Å². The number of H-pyrrole nitrogens is 1. The van der Waals surface area contributed by atoms with E-state index in [1.165, 1.54) is 12.8 Å². The molecule has 0 spiro atoms. The summed E-state index contributed by atoms with van der Waals surface area (Å²) in [4.78, 5) is 23.8. The first-order chi connectivity index (χ1) is 14.3. The average Bonchev–Trinajstić information content (AvgIpc) is 3.44. The van der Waals surface area contributed by atoms with Gasteiger partial charge in [0.2, 0.25) is 0 Å². The van der Waals surface area contributed by atoms with Gasteiger partial charge in [0.25, 0.3) is 5.91 Å². The maximum Gasteiger partial charge on any atom is 0.276 e. The molecule has 144 valence electrons. The van der Waals surface area contributed by atoms with Gasteiger partial charge in [-0.3, -0.25) is 14.9 Å². The second-order valence-electron chi connectivity index (χ2n) is 7.13. The number of aromatic nitrogens is 4. The lowest BCUT2D eigenvalue weighted by atomic mass is 10.0. The highest BCUT2D eigenvalue weighted by molar-refractivity contribution is 6.11. The molecule has 1 aliphatic heterocycles. The van der Waals surface area contributed by atoms with Crippen molar-refractivity contribution >= 4 is 28.3 Å². The van der Waals surface area contributed by atoms with Crippen LogP contribution in [0.2, 0.25) is 0 Å². The van der Waals surface area contributed by atoms with E-state index in [0.29, 0.717) is 11.4 Å². The van der Waals surface area contributed by atoms with Crippen molar-refractivity contribution in [3.05, 3.63) is 66.7 Å². The predicted octanol–water partition coefficient (Wildman–Crippen LogP) is 3.87. The summed E-state index contributed by atoms with van der Waals surface area (Å²) in [5.41, 5.74) is 3.87. The summed E-state index contributed by atoms with van der Waals surface area (Å²) < 4.78 is 0. The maximum absolute atomic E-state index is 12.9. The smallest absolute Gasteiger partial charge is 0.276 e. The molecule has 3 aromatic heterocycles. The van der Waals surface area contributed by atoms with E-state index in [9.17, 15) is 4.79 Å². The SMILES string of the molecule is O=C(Nc1ccnc(N2CCCC2)c1)c1n[nH]c2ccc(-c3cccnc3)cc12. The fourth-order valence-electron chi connectivity index (χ4n) is 3.71. The van der Waals surface area contributed by atoms with Gasteiger partial charge in [0.05, 0.1) is 5.52 Å². The van der Waals surface area contributed by atoms with Crippen LogP contribution in [0, 0.1) is 0 Å². The Morgan fingerprint density at radius 1 is 1.03 bits per heavy atom. The van der Waals surface area contributed by atoms with E-state index < -0.39 is 0 Å². The number of nitrogens with zero attached hydrogens (tertiary/aromatic N) is 4. The summed E-state index contributed by atoms with van der Waals surface area (Å²) in [6, 6.07) is 13.5. The summed E-state index contributed by atoms with van der Waals surface area (Å²) in [6.45, 7) is 2.01. The first kappa shape index (κ1) is 17.4. The van der Waals surface area contributed by atoms with Gasteiger partial charge in [-0.2, -0.15) is 5.10 Å². The molecule has 0 atom stereocenters. The van der Waals surface area contributed by atoms with Crippen molar-refractivity contribution in [2.45, 2.75) is 12.8 Å². The fourth-order valence-corrected chi connectivity index (χ4v) is 3.71. The molecule has 0 radical (unpaired) electrons. The van der Waals surface area contributed by atoms with E-state index in [0.717, 1.165) is 40.9 Å². The van der Waals surface area contributed by atoms with Gasteiger partial charge in [-0.15, -0.1) is 0 Å². The minimum atomic E-state index is -0.252. The van der Waals surface area contributed by atoms with E-state index >= 15 is 0 Å². The lowest BCUT2D eigenvalue weighted by Gasteiger charge is -2.16. The molecule has 1 aromatic carbocycles. The van der Waals surface area contributed by atoms with Gasteiger partial charge >= 0.3 is 0 Å². The largest absolute Gasteiger partial charge is 0.357 e. The Morgan fingerprint density at radius 3 is 2.76 bits per heavy atom. The highest BCUT2D eigenvalue weighted by atomic mass is 16.1. The van der Waals surface area contributed by atoms with E-state index in [2.05, 4.69) is 30.4 Å². The highest BCUT2D eigenvalue weighted by Crippen LogP contribution is 2.26. The molecule has 2 N–H and O–H groups in total. The monoisotopic (exact) mass is 384 g/mol. The van der Waals surface area contributed by atoms with Gasteiger partial charge in [0, 0.05) is 54.4 Å². The Hall–Kier alpha value is -3.74. The van der Waals surface area contributed by atoms with E-state index in [-0.39, 0.29) is 5.91 Å². The fraction of sp³-hybridized carbons (Fsp3) is 0.182. The first-order valence-corrected chi connectivity index (χ1v) is 9.69. The van der Waals surface area contributed by atoms with Crippen LogP contribution in [0.4, 0.5) is 11.5 Å². The van der Waals surface area contributed by atoms with Crippen LogP contribution in [0.25, 0.3) is 22.0 Å². The Morgan fingerprint density at radius 2 is 1.93 bits per heavy atom. The van der Waals surface area contributed by atoms with Gasteiger partial charge in [-0.05, 0) is 42.7 Å². The van der Waals surface area contributed by atoms with Crippen LogP contribution < -0.4 is 10.2 Å². The molecule has 0 saturated carbocycles. The molecule has 0 aliphatic carbocycles. The number of rotatable bonds is 4. The highest BCUT2D eigenvalue weighted by Gasteiger charge is 2.17. The van der Waals surface area contributed by atoms with Crippen LogP contribution in [0.1, 0.15) is 23.3 Å². The number of hydrogen-bond acceptors (Lipinski definition) is 5. The van der Waals surface area contributed by atoms with Crippen molar-refractivity contribution in [1.82, 2.24) is 20.2 Å². The summed E-state index contributed by atoms with van der Waals surface area (Å²) in [7, 11) is 0. The minimum Gasteiger partial charge on any atom is -0.357 e. The third-order valence-electron chi connectivity index (χ3n) is 5.21. The molecule has 0 bridgehead atoms. The molecule has 7 heteroatoms. The van der Waals surface area contributed by atoms with Crippen molar-refractivity contribution in [3.63, 3.8) is 0 Å². The summed E-state index contributed by atoms with van der Waals surface area (Å²) in [6.07, 6.45) is 7.63. The van der Waals surface area contributed by atoms with Crippen LogP contribution in [0.5, 0.6) is 0 Å². The number of carbonyl (C=O) groups excluding carboxylic acids is 1. The zero-order valence-corrected chi connectivity index (χ0v) is 15.8. The van der Waals surface area contributed by atoms with Crippen LogP contribution in [-0.2, 0) is 0 Å². The number of aromatic amines is 1. The second-order valence-corrected chi connectivity index (χ2v) is 7.13. The van der Waals surface area contributed by atoms with Gasteiger partial charge in [0.1, 0.15) is 5.82 Å². The van der Waals surface area contributed by atoms with E-state index in [1.54, 1.807) is 24.7 Å². The molecule has 1 aliphatic rings. The summed E-state index contributed by atoms with van der Waals surface area (Å²) >= 11 is 0. The first-order valence-electron chi connectivity index (χ1n) is 9.69. The third-order valence-corrected chi connectivity index (χ3v) is 5.21. The molecular weight excluding hydrogens is 364 g/mol. The van der Waals surface area contributed by atoms with Crippen molar-refractivity contribution in [2.75, 3.05) is 23.3 Å². The van der Waals surface area contributed by atoms with Crippen LogP contribution in [-0.4, -0.2) is 39.2 Å². The molecule has 1 amide bonds. The van der Waals surface area contributed by atoms with Gasteiger partial charge in [-0.25, -0.2) is 4.98 Å². The molecule has 5 rings (SSSR count). The average molecular weight is 384 g/mol. The molecule has 1 fully saturated rings. The van der Waals surface area contributed by atoms with Gasteiger partial charge in [-0.1, -0.05) is 12.1 Å². The second kappa shape index (κ2) is 7.35. The number of amides is 1. The zero-order valence-electron chi connectivity index (χ0n) is 15.8. The Kier molecular flexibility index (Phi) is 4.40. The maximum atomic E-state index is 12.9. The number of pyridine rings is 2. The van der Waals surface area contributed by atoms with E-state index in [4.69, 9.17) is 0 Å². The topological polar surface area (TPSA) is 86.8 Å². The third kappa shape index (κ3) is 3.42. The number of nitrogens with one attached hydrogen (secondary N) is 2. The Bertz CT molecular complexity index is 1160. The molecule has 29 heavy (non-hydrogen) atoms. The lowest BCUT2D eigenvalue weighted by molar-refractivity contribution is 0.102. The van der Waals surface area contributed by atoms with Crippen molar-refractivity contribution in [3.8, 4) is 11.1 Å². The van der Waals surface area contributed by atoms with Gasteiger partial charge in [0.15, 0.2) is 5.69 Å². The Labute approximate surface area is 167 Å². The van der Waals surface area contributed by atoms with E-state index in [1.807, 2.05) is 36.4 Å². The van der Waals surface area contributed by atoms with Crippen molar-refractivity contribution < 1.29 is 4.79 Å². The molecule has 7 nitrogen and oxygen atoms in total. The Balaban J connectivity index is 1.43. The van der Waals surface area contributed by atoms with Crippen molar-refractivity contribution in [1.29, 1.82) is 0 Å². The predicted molar refractivity (Wildman–Crippen MR) is 113 cm³/mol. The van der Waals surface area contributed by atoms with Gasteiger partial charge < -0.3 is 10.2 Å². The summed E-state index contributed by atoms with van der Waals surface area (Å²) in [5, 5.41) is 10.9. The quantitative estimate of drug-likeness (QED) is 0.558. The van der Waals surface area contributed by atoms with Crippen LogP contribution in [0.15, 0.2) is 61.1 Å². The molecule has 4 aromatic rings. The number of hydrogen-bond donors (Lipinski definition) is 2. The summed E-state index contributed by atoms with van der Waals surface area (Å²) in [5.74, 6) is 0.643. The number of fused-ring (bicyclic) bond motifs is 1.